The van der Waals surface area contributed by atoms with Crippen LogP contribution >= 0.6 is 11.6 Å². The van der Waals surface area contributed by atoms with Crippen LogP contribution in [-0.2, 0) is 11.3 Å². The number of ether oxygens (including phenoxy) is 1. The summed E-state index contributed by atoms with van der Waals surface area (Å²) in [6.45, 7) is 0.0668. The molecule has 11 nitrogen and oxygen atoms in total. The summed E-state index contributed by atoms with van der Waals surface area (Å²) in [5.74, 6) is 0.0381. The summed E-state index contributed by atoms with van der Waals surface area (Å²) in [4.78, 5) is 34.8. The molecule has 14 heteroatoms. The number of amides is 2. The summed E-state index contributed by atoms with van der Waals surface area (Å²) >= 11 is 6.19. The highest BCUT2D eigenvalue weighted by Gasteiger charge is 2.40. The normalized spacial score (nSPS) is 19.0. The molecule has 2 aliphatic rings. The van der Waals surface area contributed by atoms with Crippen LogP contribution in [0.3, 0.4) is 0 Å². The fourth-order valence-electron chi connectivity index (χ4n) is 5.53. The van der Waals surface area contributed by atoms with E-state index in [1.165, 1.54) is 46.0 Å². The fourth-order valence-corrected chi connectivity index (χ4v) is 5.70. The summed E-state index contributed by atoms with van der Waals surface area (Å²) in [5.41, 5.74) is 0.946. The Labute approximate surface area is 232 Å². The van der Waals surface area contributed by atoms with Crippen LogP contribution in [0.4, 0.5) is 14.5 Å². The molecule has 0 radical (unpaired) electrons. The summed E-state index contributed by atoms with van der Waals surface area (Å²) in [7, 11) is 2.08. The lowest BCUT2D eigenvalue weighted by atomic mass is 10.0. The highest BCUT2D eigenvalue weighted by atomic mass is 35.5. The topological polar surface area (TPSA) is 110 Å². The molecule has 5 heterocycles. The summed E-state index contributed by atoms with van der Waals surface area (Å²) in [6.07, 6.45) is 6.05. The monoisotopic (exact) mass is 570 g/mol. The number of hydrogen-bond acceptors (Lipinski definition) is 7. The van der Waals surface area contributed by atoms with Crippen molar-refractivity contribution in [3.8, 4) is 17.0 Å². The largest absolute Gasteiger partial charge is 0.434 e. The Morgan fingerprint density at radius 2 is 1.98 bits per heavy atom. The molecule has 1 unspecified atom stereocenters. The number of anilines is 1. The zero-order valence-electron chi connectivity index (χ0n) is 21.4. The van der Waals surface area contributed by atoms with Crippen molar-refractivity contribution in [3.63, 3.8) is 0 Å². The van der Waals surface area contributed by atoms with Crippen molar-refractivity contribution in [1.29, 1.82) is 0 Å². The first kappa shape index (κ1) is 26.1. The highest BCUT2D eigenvalue weighted by molar-refractivity contribution is 6.31. The number of nitrogens with zero attached hydrogens (tertiary/aromatic N) is 7. The van der Waals surface area contributed by atoms with E-state index < -0.39 is 12.5 Å². The van der Waals surface area contributed by atoms with E-state index in [2.05, 4.69) is 32.4 Å². The molecule has 3 aromatic heterocycles. The maximum absolute atomic E-state index is 13.3. The first-order chi connectivity index (χ1) is 19.2. The molecular weight excluding hydrogens is 546 g/mol. The van der Waals surface area contributed by atoms with E-state index in [0.717, 1.165) is 13.1 Å². The van der Waals surface area contributed by atoms with Gasteiger partial charge in [0.1, 0.15) is 23.6 Å². The molecule has 2 atom stereocenters. The maximum Gasteiger partial charge on any atom is 0.387 e. The standard InChI is InChI=1S/C26H25ClF2N8O3/c1-34-9-15-11-35(12-16(15)10-34)22(38)14-36-13-20(32-25(39)19-8-31-37-6-2-5-30-24(19)37)23(33-36)18-7-17(27)3-4-21(18)40-26(28)29/h2-8,13,15-16,26H,9-12,14H2,1H3,(H,32,39)/t15-,16?/m0/s1. The second-order valence-corrected chi connectivity index (χ2v) is 10.5. The van der Waals surface area contributed by atoms with E-state index in [-0.39, 0.29) is 45.7 Å². The van der Waals surface area contributed by atoms with Crippen LogP contribution in [0.1, 0.15) is 10.4 Å². The predicted octanol–water partition coefficient (Wildman–Crippen LogP) is 3.12. The van der Waals surface area contributed by atoms with Crippen molar-refractivity contribution in [1.82, 2.24) is 34.2 Å². The molecule has 208 valence electrons. The molecular formula is C26H25ClF2N8O3. The van der Waals surface area contributed by atoms with Gasteiger partial charge in [0.05, 0.1) is 11.9 Å². The predicted molar refractivity (Wildman–Crippen MR) is 141 cm³/mol. The van der Waals surface area contributed by atoms with Gasteiger partial charge in [-0.2, -0.15) is 19.0 Å². The van der Waals surface area contributed by atoms with Crippen molar-refractivity contribution < 1.29 is 23.1 Å². The fraction of sp³-hybridized carbons (Fsp3) is 0.346. The number of likely N-dealkylation sites (tertiary alicyclic amines) is 2. The van der Waals surface area contributed by atoms with E-state index in [1.807, 2.05) is 4.90 Å². The van der Waals surface area contributed by atoms with Crippen LogP contribution in [0.5, 0.6) is 5.75 Å². The van der Waals surface area contributed by atoms with Gasteiger partial charge in [0.15, 0.2) is 5.65 Å². The van der Waals surface area contributed by atoms with E-state index >= 15 is 0 Å². The number of nitrogens with one attached hydrogen (secondary N) is 1. The molecule has 0 bridgehead atoms. The number of carbonyl (C=O) groups is 2. The van der Waals surface area contributed by atoms with Crippen LogP contribution in [0.2, 0.25) is 5.02 Å². The summed E-state index contributed by atoms with van der Waals surface area (Å²) in [5, 5.41) is 11.7. The molecule has 2 saturated heterocycles. The van der Waals surface area contributed by atoms with Crippen LogP contribution in [-0.4, -0.2) is 85.8 Å². The SMILES string of the molecule is CN1CC2CN(C(=O)Cn3cc(NC(=O)c4cnn5cccnc45)c(-c4cc(Cl)ccc4OC(F)F)n3)C[C@@H]2C1. The summed E-state index contributed by atoms with van der Waals surface area (Å²) < 4.78 is 34.0. The number of halogens is 3. The Kier molecular flexibility index (Phi) is 6.84. The van der Waals surface area contributed by atoms with Gasteiger partial charge in [0, 0.05) is 55.4 Å². The minimum atomic E-state index is -3.10. The number of benzene rings is 1. The van der Waals surface area contributed by atoms with Gasteiger partial charge in [-0.25, -0.2) is 9.50 Å². The zero-order chi connectivity index (χ0) is 28.0. The van der Waals surface area contributed by atoms with Gasteiger partial charge in [-0.05, 0) is 43.1 Å². The molecule has 1 N–H and O–H groups in total. The van der Waals surface area contributed by atoms with Crippen molar-refractivity contribution in [3.05, 3.63) is 59.6 Å². The molecule has 6 rings (SSSR count). The smallest absolute Gasteiger partial charge is 0.387 e. The molecule has 1 aromatic carbocycles. The lowest BCUT2D eigenvalue weighted by Gasteiger charge is -2.19. The Morgan fingerprint density at radius 1 is 1.20 bits per heavy atom. The number of fused-ring (bicyclic) bond motifs is 2. The average Bonchev–Trinajstić information content (AvgIpc) is 3.67. The Morgan fingerprint density at radius 3 is 2.73 bits per heavy atom. The quantitative estimate of drug-likeness (QED) is 0.363. The van der Waals surface area contributed by atoms with E-state index in [1.54, 1.807) is 12.3 Å². The van der Waals surface area contributed by atoms with Crippen molar-refractivity contribution >= 4 is 34.7 Å². The molecule has 2 fully saturated rings. The number of aromatic nitrogens is 5. The molecule has 2 aliphatic heterocycles. The van der Waals surface area contributed by atoms with E-state index in [4.69, 9.17) is 16.3 Å². The average molecular weight is 571 g/mol. The third kappa shape index (κ3) is 5.09. The minimum Gasteiger partial charge on any atom is -0.434 e. The summed E-state index contributed by atoms with van der Waals surface area (Å²) in [6, 6.07) is 5.80. The van der Waals surface area contributed by atoms with Gasteiger partial charge < -0.3 is 19.9 Å². The van der Waals surface area contributed by atoms with Crippen molar-refractivity contribution in [2.75, 3.05) is 38.5 Å². The van der Waals surface area contributed by atoms with Gasteiger partial charge in [-0.3, -0.25) is 14.3 Å². The van der Waals surface area contributed by atoms with Crippen molar-refractivity contribution in [2.24, 2.45) is 11.8 Å². The van der Waals surface area contributed by atoms with Crippen LogP contribution in [0.25, 0.3) is 16.9 Å². The van der Waals surface area contributed by atoms with E-state index in [0.29, 0.717) is 30.6 Å². The number of rotatable bonds is 7. The molecule has 0 aliphatic carbocycles. The van der Waals surface area contributed by atoms with Gasteiger partial charge >= 0.3 is 6.61 Å². The third-order valence-corrected chi connectivity index (χ3v) is 7.50. The lowest BCUT2D eigenvalue weighted by molar-refractivity contribution is -0.131. The van der Waals surface area contributed by atoms with Crippen LogP contribution < -0.4 is 10.1 Å². The van der Waals surface area contributed by atoms with Gasteiger partial charge in [0.25, 0.3) is 5.91 Å². The first-order valence-corrected chi connectivity index (χ1v) is 13.0. The highest BCUT2D eigenvalue weighted by Crippen LogP contribution is 2.37. The lowest BCUT2D eigenvalue weighted by Crippen LogP contribution is -2.34. The Balaban J connectivity index is 1.32. The molecule has 2 amide bonds. The number of alkyl halides is 2. The molecule has 0 saturated carbocycles. The number of hydrogen-bond donors (Lipinski definition) is 1. The van der Waals surface area contributed by atoms with Gasteiger partial charge in [0.2, 0.25) is 5.91 Å². The molecule has 0 spiro atoms. The van der Waals surface area contributed by atoms with E-state index in [9.17, 15) is 18.4 Å². The van der Waals surface area contributed by atoms with Crippen LogP contribution in [0, 0.1) is 11.8 Å². The van der Waals surface area contributed by atoms with Crippen molar-refractivity contribution in [2.45, 2.75) is 13.2 Å². The second-order valence-electron chi connectivity index (χ2n) is 10.0. The Hall–Kier alpha value is -4.10. The van der Waals surface area contributed by atoms with Gasteiger partial charge in [-0.1, -0.05) is 11.6 Å². The Bertz CT molecular complexity index is 1580. The van der Waals surface area contributed by atoms with Gasteiger partial charge in [-0.15, -0.1) is 0 Å². The minimum absolute atomic E-state index is 0.0952. The maximum atomic E-state index is 13.3. The first-order valence-electron chi connectivity index (χ1n) is 12.6. The molecule has 4 aromatic rings. The number of carbonyl (C=O) groups excluding carboxylic acids is 2. The zero-order valence-corrected chi connectivity index (χ0v) is 22.1. The third-order valence-electron chi connectivity index (χ3n) is 7.27. The second kappa shape index (κ2) is 10.5. The van der Waals surface area contributed by atoms with Crippen LogP contribution in [0.15, 0.2) is 49.1 Å². The molecule has 40 heavy (non-hydrogen) atoms.